The van der Waals surface area contributed by atoms with Crippen molar-refractivity contribution >= 4 is 11.8 Å². The van der Waals surface area contributed by atoms with Gasteiger partial charge < -0.3 is 16.6 Å². The Kier molecular flexibility index (Phi) is 4.62. The lowest BCUT2D eigenvalue weighted by molar-refractivity contribution is 0.474. The summed E-state index contributed by atoms with van der Waals surface area (Å²) in [6, 6.07) is 7.38. The second-order valence-electron chi connectivity index (χ2n) is 5.42. The van der Waals surface area contributed by atoms with E-state index in [2.05, 4.69) is 16.9 Å². The number of nitrogens with two attached hydrogens (primary N) is 2. The molecular formula is C16H22N4O. The van der Waals surface area contributed by atoms with Crippen LogP contribution < -0.4 is 11.5 Å². The van der Waals surface area contributed by atoms with Crippen LogP contribution in [0.5, 0.6) is 5.75 Å². The van der Waals surface area contributed by atoms with E-state index in [1.165, 1.54) is 5.56 Å². The molecule has 0 saturated heterocycles. The molecule has 1 atom stereocenters. The van der Waals surface area contributed by atoms with Gasteiger partial charge in [-0.05, 0) is 49.8 Å². The molecule has 0 aliphatic carbocycles. The summed E-state index contributed by atoms with van der Waals surface area (Å²) >= 11 is 0. The number of hydrogen-bond acceptors (Lipinski definition) is 5. The predicted molar refractivity (Wildman–Crippen MR) is 85.1 cm³/mol. The Balaban J connectivity index is 1.94. The van der Waals surface area contributed by atoms with Crippen molar-refractivity contribution in [1.29, 1.82) is 0 Å². The summed E-state index contributed by atoms with van der Waals surface area (Å²) in [4.78, 5) is 8.18. The smallest absolute Gasteiger partial charge is 0.222 e. The molecule has 2 aromatic rings. The highest BCUT2D eigenvalue weighted by molar-refractivity contribution is 5.45. The quantitative estimate of drug-likeness (QED) is 0.785. The molecule has 0 amide bonds. The second kappa shape index (κ2) is 6.43. The average molecular weight is 286 g/mol. The van der Waals surface area contributed by atoms with Gasteiger partial charge in [0.25, 0.3) is 0 Å². The first-order valence-corrected chi connectivity index (χ1v) is 7.14. The number of rotatable bonds is 5. The first kappa shape index (κ1) is 15.1. The fourth-order valence-electron chi connectivity index (χ4n) is 2.50. The van der Waals surface area contributed by atoms with Gasteiger partial charge in [0.2, 0.25) is 5.95 Å². The van der Waals surface area contributed by atoms with Gasteiger partial charge in [0.1, 0.15) is 11.6 Å². The summed E-state index contributed by atoms with van der Waals surface area (Å²) in [5, 5.41) is 9.31. The highest BCUT2D eigenvalue weighted by Crippen LogP contribution is 2.24. The van der Waals surface area contributed by atoms with Crippen molar-refractivity contribution in [2.75, 3.05) is 11.5 Å². The van der Waals surface area contributed by atoms with E-state index in [-0.39, 0.29) is 5.95 Å². The Hall–Kier alpha value is -2.30. The van der Waals surface area contributed by atoms with Gasteiger partial charge >= 0.3 is 0 Å². The first-order chi connectivity index (χ1) is 9.97. The van der Waals surface area contributed by atoms with Crippen LogP contribution in [0.2, 0.25) is 0 Å². The van der Waals surface area contributed by atoms with Crippen molar-refractivity contribution in [3.8, 4) is 5.75 Å². The van der Waals surface area contributed by atoms with Crippen LogP contribution in [0.4, 0.5) is 11.8 Å². The van der Waals surface area contributed by atoms with E-state index in [0.29, 0.717) is 17.5 Å². The summed E-state index contributed by atoms with van der Waals surface area (Å²) in [5.74, 6) is 1.44. The van der Waals surface area contributed by atoms with Crippen LogP contribution in [0.25, 0.3) is 0 Å². The van der Waals surface area contributed by atoms with Crippen molar-refractivity contribution in [2.45, 2.75) is 39.0 Å². The lowest BCUT2D eigenvalue weighted by Crippen LogP contribution is -2.07. The second-order valence-corrected chi connectivity index (χ2v) is 5.42. The zero-order chi connectivity index (χ0) is 15.4. The fourth-order valence-corrected chi connectivity index (χ4v) is 2.50. The van der Waals surface area contributed by atoms with E-state index < -0.39 is 0 Å². The number of benzene rings is 1. The maximum Gasteiger partial charge on any atom is 0.222 e. The molecule has 0 fully saturated rings. The third kappa shape index (κ3) is 3.84. The summed E-state index contributed by atoms with van der Waals surface area (Å²) in [5.41, 5.74) is 14.6. The van der Waals surface area contributed by atoms with Crippen molar-refractivity contribution < 1.29 is 5.11 Å². The van der Waals surface area contributed by atoms with Crippen molar-refractivity contribution in [3.05, 3.63) is 41.1 Å². The highest BCUT2D eigenvalue weighted by atomic mass is 16.3. The van der Waals surface area contributed by atoms with E-state index in [1.807, 2.05) is 19.1 Å². The zero-order valence-corrected chi connectivity index (χ0v) is 12.5. The van der Waals surface area contributed by atoms with Crippen molar-refractivity contribution in [1.82, 2.24) is 9.97 Å². The van der Waals surface area contributed by atoms with Gasteiger partial charge in [-0.25, -0.2) is 4.98 Å². The Labute approximate surface area is 125 Å². The van der Waals surface area contributed by atoms with Gasteiger partial charge in [-0.15, -0.1) is 0 Å². The van der Waals surface area contributed by atoms with E-state index in [4.69, 9.17) is 11.5 Å². The normalized spacial score (nSPS) is 12.3. The molecule has 0 spiro atoms. The van der Waals surface area contributed by atoms with Gasteiger partial charge in [0.05, 0.1) is 0 Å². The number of aryl methyl sites for hydroxylation is 1. The fraction of sp³-hybridized carbons (Fsp3) is 0.375. The maximum absolute atomic E-state index is 9.31. The van der Waals surface area contributed by atoms with E-state index in [1.54, 1.807) is 12.1 Å². The van der Waals surface area contributed by atoms with Gasteiger partial charge in [0.15, 0.2) is 0 Å². The molecule has 5 nitrogen and oxygen atoms in total. The molecule has 0 saturated carbocycles. The number of aromatic hydroxyl groups is 1. The Morgan fingerprint density at radius 2 is 1.81 bits per heavy atom. The van der Waals surface area contributed by atoms with Crippen LogP contribution >= 0.6 is 0 Å². The number of phenolic OH excluding ortho intramolecular Hbond substituents is 1. The van der Waals surface area contributed by atoms with E-state index in [9.17, 15) is 5.11 Å². The predicted octanol–water partition coefficient (Wildman–Crippen LogP) is 2.78. The maximum atomic E-state index is 9.31. The third-order valence-electron chi connectivity index (χ3n) is 3.79. The molecule has 1 heterocycles. The standard InChI is InChI=1S/C16H22N4O/c1-10(12-6-8-13(21)9-7-12)4-3-5-14-11(2)19-16(18)20-15(14)17/h6-10,21H,3-5H2,1-2H3,(H4,17,18,19,20). The number of hydrogen-bond donors (Lipinski definition) is 3. The monoisotopic (exact) mass is 286 g/mol. The molecular weight excluding hydrogens is 264 g/mol. The molecule has 21 heavy (non-hydrogen) atoms. The summed E-state index contributed by atoms with van der Waals surface area (Å²) in [7, 11) is 0. The minimum atomic E-state index is 0.228. The van der Waals surface area contributed by atoms with Gasteiger partial charge in [-0.1, -0.05) is 19.1 Å². The molecule has 5 heteroatoms. The number of aromatic nitrogens is 2. The summed E-state index contributed by atoms with van der Waals surface area (Å²) in [6.07, 6.45) is 2.88. The number of phenols is 1. The van der Waals surface area contributed by atoms with Crippen LogP contribution in [-0.4, -0.2) is 15.1 Å². The Bertz CT molecular complexity index is 587. The Morgan fingerprint density at radius 1 is 1.14 bits per heavy atom. The molecule has 0 aliphatic rings. The molecule has 5 N–H and O–H groups in total. The molecule has 112 valence electrons. The van der Waals surface area contributed by atoms with Crippen LogP contribution in [0.3, 0.4) is 0 Å². The SMILES string of the molecule is Cc1nc(N)nc(N)c1CCCC(C)c1ccc(O)cc1. The molecule has 0 radical (unpaired) electrons. The number of nitrogen functional groups attached to an aromatic ring is 2. The zero-order valence-electron chi connectivity index (χ0n) is 12.5. The highest BCUT2D eigenvalue weighted by Gasteiger charge is 2.10. The Morgan fingerprint density at radius 3 is 2.43 bits per heavy atom. The molecule has 1 aromatic heterocycles. The molecule has 0 aliphatic heterocycles. The van der Waals surface area contributed by atoms with Crippen LogP contribution in [0.15, 0.2) is 24.3 Å². The largest absolute Gasteiger partial charge is 0.508 e. The summed E-state index contributed by atoms with van der Waals surface area (Å²) in [6.45, 7) is 4.09. The van der Waals surface area contributed by atoms with Gasteiger partial charge in [-0.3, -0.25) is 0 Å². The molecule has 2 rings (SSSR count). The molecule has 1 aromatic carbocycles. The van der Waals surface area contributed by atoms with Crippen LogP contribution in [-0.2, 0) is 6.42 Å². The van der Waals surface area contributed by atoms with Gasteiger partial charge in [0, 0.05) is 11.3 Å². The van der Waals surface area contributed by atoms with Crippen molar-refractivity contribution in [2.24, 2.45) is 0 Å². The van der Waals surface area contributed by atoms with E-state index >= 15 is 0 Å². The average Bonchev–Trinajstić information content (AvgIpc) is 2.42. The topological polar surface area (TPSA) is 98.0 Å². The lowest BCUT2D eigenvalue weighted by Gasteiger charge is -2.13. The van der Waals surface area contributed by atoms with Crippen LogP contribution in [0, 0.1) is 6.92 Å². The van der Waals surface area contributed by atoms with E-state index in [0.717, 1.165) is 30.5 Å². The minimum Gasteiger partial charge on any atom is -0.508 e. The minimum absolute atomic E-state index is 0.228. The molecule has 1 unspecified atom stereocenters. The molecule has 0 bridgehead atoms. The van der Waals surface area contributed by atoms with Gasteiger partial charge in [-0.2, -0.15) is 4.98 Å². The number of nitrogens with zero attached hydrogens (tertiary/aromatic N) is 2. The summed E-state index contributed by atoms with van der Waals surface area (Å²) < 4.78 is 0. The lowest BCUT2D eigenvalue weighted by atomic mass is 9.94. The van der Waals surface area contributed by atoms with Crippen molar-refractivity contribution in [3.63, 3.8) is 0 Å². The first-order valence-electron chi connectivity index (χ1n) is 7.14. The van der Waals surface area contributed by atoms with Crippen LogP contribution in [0.1, 0.15) is 42.5 Å². The third-order valence-corrected chi connectivity index (χ3v) is 3.79. The number of anilines is 2.